The van der Waals surface area contributed by atoms with Gasteiger partial charge in [0.1, 0.15) is 5.75 Å². The van der Waals surface area contributed by atoms with Crippen LogP contribution in [0.3, 0.4) is 0 Å². The first-order valence-electron chi connectivity index (χ1n) is 9.17. The van der Waals surface area contributed by atoms with Gasteiger partial charge >= 0.3 is 6.61 Å². The Morgan fingerprint density at radius 2 is 1.83 bits per heavy atom. The molecule has 0 heterocycles. The fourth-order valence-corrected chi connectivity index (χ4v) is 2.37. The smallest absolute Gasteiger partial charge is 0.387 e. The number of benzene rings is 2. The van der Waals surface area contributed by atoms with E-state index in [2.05, 4.69) is 4.74 Å². The number of nitrogens with zero attached hydrogens (tertiary/aromatic N) is 1. The van der Waals surface area contributed by atoms with Crippen LogP contribution in [-0.4, -0.2) is 50.5 Å². The van der Waals surface area contributed by atoms with Crippen LogP contribution in [0, 0.1) is 0 Å². The SMILES string of the molecule is CCOc1cc(/C=C/C(=O)c2cccc(OCC(=O)N(C)C)c2)ccc1OC(F)F. The molecule has 2 aromatic rings. The predicted octanol–water partition coefficient (Wildman–Crippen LogP) is 4.05. The standard InChI is InChI=1S/C22H23F2NO5/c1-4-28-20-12-15(9-11-19(20)30-22(23)24)8-10-18(26)16-6-5-7-17(13-16)29-14-21(27)25(2)3/h5-13,22H,4,14H2,1-3H3/b10-8+. The van der Waals surface area contributed by atoms with Crippen molar-refractivity contribution in [1.82, 2.24) is 4.90 Å². The molecule has 8 heteroatoms. The Hall–Kier alpha value is -3.42. The predicted molar refractivity (Wildman–Crippen MR) is 108 cm³/mol. The highest BCUT2D eigenvalue weighted by Crippen LogP contribution is 2.30. The average molecular weight is 419 g/mol. The van der Waals surface area contributed by atoms with Crippen LogP contribution in [0.15, 0.2) is 48.5 Å². The molecule has 0 N–H and O–H groups in total. The zero-order chi connectivity index (χ0) is 22.1. The van der Waals surface area contributed by atoms with Gasteiger partial charge in [0.15, 0.2) is 23.9 Å². The number of allylic oxidation sites excluding steroid dienone is 1. The van der Waals surface area contributed by atoms with Crippen LogP contribution >= 0.6 is 0 Å². The molecule has 2 aromatic carbocycles. The molecule has 0 aliphatic heterocycles. The molecule has 30 heavy (non-hydrogen) atoms. The Labute approximate surface area is 173 Å². The lowest BCUT2D eigenvalue weighted by Gasteiger charge is -2.12. The van der Waals surface area contributed by atoms with E-state index in [0.29, 0.717) is 16.9 Å². The molecule has 1 amide bonds. The molecule has 0 saturated carbocycles. The van der Waals surface area contributed by atoms with E-state index >= 15 is 0 Å². The van der Waals surface area contributed by atoms with Crippen LogP contribution in [0.1, 0.15) is 22.8 Å². The summed E-state index contributed by atoms with van der Waals surface area (Å²) in [6, 6.07) is 10.9. The molecule has 6 nitrogen and oxygen atoms in total. The fraction of sp³-hybridized carbons (Fsp3) is 0.273. The molecule has 0 bridgehead atoms. The highest BCUT2D eigenvalue weighted by Gasteiger charge is 2.11. The molecule has 0 atom stereocenters. The van der Waals surface area contributed by atoms with Gasteiger partial charge in [0.2, 0.25) is 0 Å². The second-order valence-electron chi connectivity index (χ2n) is 6.32. The summed E-state index contributed by atoms with van der Waals surface area (Å²) < 4.78 is 40.1. The van der Waals surface area contributed by atoms with E-state index in [1.165, 1.54) is 29.2 Å². The highest BCUT2D eigenvalue weighted by molar-refractivity contribution is 6.07. The molecule has 0 radical (unpaired) electrons. The number of amides is 1. The molecular weight excluding hydrogens is 396 g/mol. The molecule has 0 aromatic heterocycles. The summed E-state index contributed by atoms with van der Waals surface area (Å²) in [5, 5.41) is 0. The maximum absolute atomic E-state index is 12.5. The van der Waals surface area contributed by atoms with Crippen molar-refractivity contribution in [3.8, 4) is 17.2 Å². The van der Waals surface area contributed by atoms with Gasteiger partial charge in [-0.15, -0.1) is 0 Å². The van der Waals surface area contributed by atoms with Gasteiger partial charge in [-0.2, -0.15) is 8.78 Å². The van der Waals surface area contributed by atoms with Crippen molar-refractivity contribution in [2.45, 2.75) is 13.5 Å². The largest absolute Gasteiger partial charge is 0.490 e. The molecular formula is C22H23F2NO5. The van der Waals surface area contributed by atoms with Crippen molar-refractivity contribution < 1.29 is 32.6 Å². The van der Waals surface area contributed by atoms with Crippen LogP contribution in [0.25, 0.3) is 6.08 Å². The van der Waals surface area contributed by atoms with Gasteiger partial charge in [-0.3, -0.25) is 9.59 Å². The van der Waals surface area contributed by atoms with Crippen molar-refractivity contribution in [3.63, 3.8) is 0 Å². The number of halogens is 2. The van der Waals surface area contributed by atoms with Crippen molar-refractivity contribution in [1.29, 1.82) is 0 Å². The number of rotatable bonds is 10. The first kappa shape index (κ1) is 22.9. The minimum absolute atomic E-state index is 0.0764. The van der Waals surface area contributed by atoms with E-state index in [9.17, 15) is 18.4 Å². The lowest BCUT2D eigenvalue weighted by atomic mass is 10.1. The van der Waals surface area contributed by atoms with Crippen molar-refractivity contribution in [2.24, 2.45) is 0 Å². The second-order valence-corrected chi connectivity index (χ2v) is 6.32. The minimum atomic E-state index is -2.96. The second kappa shape index (κ2) is 10.9. The summed E-state index contributed by atoms with van der Waals surface area (Å²) in [4.78, 5) is 25.5. The van der Waals surface area contributed by atoms with E-state index in [1.54, 1.807) is 51.4 Å². The number of carbonyl (C=O) groups excluding carboxylic acids is 2. The van der Waals surface area contributed by atoms with Gasteiger partial charge in [-0.1, -0.05) is 24.3 Å². The topological polar surface area (TPSA) is 65.1 Å². The van der Waals surface area contributed by atoms with E-state index in [-0.39, 0.29) is 36.4 Å². The average Bonchev–Trinajstić information content (AvgIpc) is 2.71. The van der Waals surface area contributed by atoms with Gasteiger partial charge in [0.25, 0.3) is 5.91 Å². The van der Waals surface area contributed by atoms with Gasteiger partial charge in [-0.05, 0) is 42.8 Å². The first-order valence-corrected chi connectivity index (χ1v) is 9.17. The number of carbonyl (C=O) groups is 2. The Kier molecular flexibility index (Phi) is 8.34. The molecule has 2 rings (SSSR count). The normalized spacial score (nSPS) is 10.9. The molecule has 0 unspecified atom stereocenters. The van der Waals surface area contributed by atoms with E-state index in [0.717, 1.165) is 0 Å². The monoisotopic (exact) mass is 419 g/mol. The molecule has 0 saturated heterocycles. The molecule has 0 spiro atoms. The van der Waals surface area contributed by atoms with E-state index < -0.39 is 6.61 Å². The van der Waals surface area contributed by atoms with Crippen LogP contribution in [0.4, 0.5) is 8.78 Å². The molecule has 0 fully saturated rings. The number of likely N-dealkylation sites (N-methyl/N-ethyl adjacent to an activating group) is 1. The first-order chi connectivity index (χ1) is 14.3. The maximum Gasteiger partial charge on any atom is 0.387 e. The molecule has 0 aliphatic carbocycles. The maximum atomic E-state index is 12.5. The Bertz CT molecular complexity index is 912. The van der Waals surface area contributed by atoms with E-state index in [4.69, 9.17) is 9.47 Å². The quantitative estimate of drug-likeness (QED) is 0.429. The van der Waals surface area contributed by atoms with E-state index in [1.807, 2.05) is 0 Å². The molecule has 0 aliphatic rings. The summed E-state index contributed by atoms with van der Waals surface area (Å²) in [6.07, 6.45) is 2.89. The number of ketones is 1. The Morgan fingerprint density at radius 3 is 2.50 bits per heavy atom. The van der Waals surface area contributed by atoms with Crippen LogP contribution < -0.4 is 14.2 Å². The zero-order valence-electron chi connectivity index (χ0n) is 16.9. The summed E-state index contributed by atoms with van der Waals surface area (Å²) in [5.74, 6) is -0.00126. The Balaban J connectivity index is 2.11. The third-order valence-electron chi connectivity index (χ3n) is 3.89. The summed E-state index contributed by atoms with van der Waals surface area (Å²) in [5.41, 5.74) is 0.959. The summed E-state index contributed by atoms with van der Waals surface area (Å²) >= 11 is 0. The fourth-order valence-electron chi connectivity index (χ4n) is 2.37. The number of alkyl halides is 2. The zero-order valence-corrected chi connectivity index (χ0v) is 16.9. The van der Waals surface area contributed by atoms with Gasteiger partial charge < -0.3 is 19.1 Å². The summed E-state index contributed by atoms with van der Waals surface area (Å²) in [6.45, 7) is -1.10. The van der Waals surface area contributed by atoms with Crippen LogP contribution in [-0.2, 0) is 4.79 Å². The van der Waals surface area contributed by atoms with Crippen molar-refractivity contribution in [3.05, 3.63) is 59.7 Å². The van der Waals surface area contributed by atoms with Crippen LogP contribution in [0.5, 0.6) is 17.2 Å². The summed E-state index contributed by atoms with van der Waals surface area (Å²) in [7, 11) is 3.25. The van der Waals surface area contributed by atoms with Gasteiger partial charge in [0, 0.05) is 19.7 Å². The van der Waals surface area contributed by atoms with Crippen molar-refractivity contribution >= 4 is 17.8 Å². The van der Waals surface area contributed by atoms with Crippen molar-refractivity contribution in [2.75, 3.05) is 27.3 Å². The highest BCUT2D eigenvalue weighted by atomic mass is 19.3. The minimum Gasteiger partial charge on any atom is -0.490 e. The third-order valence-corrected chi connectivity index (χ3v) is 3.89. The Morgan fingerprint density at radius 1 is 1.07 bits per heavy atom. The lowest BCUT2D eigenvalue weighted by molar-refractivity contribution is -0.130. The number of ether oxygens (including phenoxy) is 3. The number of hydrogen-bond donors (Lipinski definition) is 0. The molecule has 160 valence electrons. The van der Waals surface area contributed by atoms with Gasteiger partial charge in [0.05, 0.1) is 6.61 Å². The third kappa shape index (κ3) is 6.88. The number of hydrogen-bond acceptors (Lipinski definition) is 5. The van der Waals surface area contributed by atoms with Gasteiger partial charge in [-0.25, -0.2) is 0 Å². The lowest BCUT2D eigenvalue weighted by Crippen LogP contribution is -2.27. The van der Waals surface area contributed by atoms with Crippen LogP contribution in [0.2, 0.25) is 0 Å².